The van der Waals surface area contributed by atoms with E-state index in [4.69, 9.17) is 4.74 Å². The molecular formula is C14H15BrN2O2. The highest BCUT2D eigenvalue weighted by Gasteiger charge is 2.13. The second kappa shape index (κ2) is 6.02. The molecule has 0 spiro atoms. The largest absolute Gasteiger partial charge is 0.469 e. The van der Waals surface area contributed by atoms with Crippen molar-refractivity contribution in [3.8, 4) is 0 Å². The zero-order valence-electron chi connectivity index (χ0n) is 10.8. The van der Waals surface area contributed by atoms with E-state index in [1.54, 1.807) is 6.20 Å². The van der Waals surface area contributed by atoms with Crippen molar-refractivity contribution in [1.82, 2.24) is 4.98 Å². The van der Waals surface area contributed by atoms with E-state index < -0.39 is 0 Å². The zero-order valence-corrected chi connectivity index (χ0v) is 12.4. The Hall–Kier alpha value is -1.62. The molecule has 0 amide bonds. The van der Waals surface area contributed by atoms with E-state index in [2.05, 4.69) is 26.2 Å². The maximum atomic E-state index is 11.4. The second-order valence-electron chi connectivity index (χ2n) is 4.34. The Labute approximate surface area is 120 Å². The normalized spacial score (nSPS) is 12.2. The van der Waals surface area contributed by atoms with Gasteiger partial charge in [0.05, 0.1) is 24.2 Å². The molecule has 0 saturated carbocycles. The third kappa shape index (κ3) is 3.23. The fourth-order valence-electron chi connectivity index (χ4n) is 1.82. The quantitative estimate of drug-likeness (QED) is 0.878. The maximum Gasteiger partial charge on any atom is 0.310 e. The van der Waals surface area contributed by atoms with Crippen molar-refractivity contribution in [3.05, 3.63) is 34.9 Å². The molecule has 2 aromatic rings. The van der Waals surface area contributed by atoms with E-state index in [1.165, 1.54) is 7.11 Å². The van der Waals surface area contributed by atoms with Crippen LogP contribution in [-0.4, -0.2) is 24.6 Å². The summed E-state index contributed by atoms with van der Waals surface area (Å²) >= 11 is 3.40. The van der Waals surface area contributed by atoms with Crippen LogP contribution >= 0.6 is 15.9 Å². The molecule has 0 saturated heterocycles. The van der Waals surface area contributed by atoms with Gasteiger partial charge in [-0.3, -0.25) is 9.78 Å². The average molecular weight is 323 g/mol. The molecule has 0 radical (unpaired) electrons. The van der Waals surface area contributed by atoms with E-state index in [-0.39, 0.29) is 11.9 Å². The summed E-state index contributed by atoms with van der Waals surface area (Å²) in [4.78, 5) is 15.8. The Bertz CT molecular complexity index is 601. The van der Waals surface area contributed by atoms with Gasteiger partial charge >= 0.3 is 5.97 Å². The molecule has 0 fully saturated rings. The lowest BCUT2D eigenvalue weighted by molar-refractivity contribution is -0.144. The topological polar surface area (TPSA) is 51.2 Å². The molecule has 1 N–H and O–H groups in total. The van der Waals surface area contributed by atoms with Gasteiger partial charge in [0.2, 0.25) is 0 Å². The summed E-state index contributed by atoms with van der Waals surface area (Å²) in [7, 11) is 1.40. The van der Waals surface area contributed by atoms with Crippen LogP contribution in [0.4, 0.5) is 5.69 Å². The van der Waals surface area contributed by atoms with Crippen LogP contribution in [0.5, 0.6) is 0 Å². The monoisotopic (exact) mass is 322 g/mol. The van der Waals surface area contributed by atoms with Crippen LogP contribution in [0.2, 0.25) is 0 Å². The van der Waals surface area contributed by atoms with Crippen LogP contribution in [0.15, 0.2) is 34.9 Å². The van der Waals surface area contributed by atoms with Gasteiger partial charge in [-0.1, -0.05) is 19.1 Å². The molecule has 1 heterocycles. The summed E-state index contributed by atoms with van der Waals surface area (Å²) in [5.74, 6) is -0.417. The van der Waals surface area contributed by atoms with Gasteiger partial charge in [-0.15, -0.1) is 0 Å². The summed E-state index contributed by atoms with van der Waals surface area (Å²) < 4.78 is 5.65. The number of aromatic nitrogens is 1. The lowest BCUT2D eigenvalue weighted by Crippen LogP contribution is -2.21. The Kier molecular flexibility index (Phi) is 4.37. The number of methoxy groups -OCH3 is 1. The standard InChI is InChI=1S/C14H15BrN2O2/c1-9(14(18)19-2)7-16-12-5-3-4-10-6-11(15)8-17-13(10)12/h3-6,8-9,16H,7H2,1-2H3. The number of carbonyl (C=O) groups excluding carboxylic acids is 1. The molecule has 2 rings (SSSR count). The van der Waals surface area contributed by atoms with Crippen LogP contribution in [0.25, 0.3) is 10.9 Å². The SMILES string of the molecule is COC(=O)C(C)CNc1cccc2cc(Br)cnc12. The van der Waals surface area contributed by atoms with E-state index >= 15 is 0 Å². The molecule has 0 aliphatic carbocycles. The predicted molar refractivity (Wildman–Crippen MR) is 79.1 cm³/mol. The van der Waals surface area contributed by atoms with Gasteiger partial charge in [0, 0.05) is 22.6 Å². The first kappa shape index (κ1) is 13.8. The highest BCUT2D eigenvalue weighted by molar-refractivity contribution is 9.10. The van der Waals surface area contributed by atoms with E-state index in [0.717, 1.165) is 21.1 Å². The lowest BCUT2D eigenvalue weighted by atomic mass is 10.1. The zero-order chi connectivity index (χ0) is 13.8. The third-order valence-corrected chi connectivity index (χ3v) is 3.31. The number of anilines is 1. The van der Waals surface area contributed by atoms with Gasteiger partial charge < -0.3 is 10.1 Å². The molecule has 1 aromatic heterocycles. The number of nitrogens with one attached hydrogen (secondary N) is 1. The summed E-state index contributed by atoms with van der Waals surface area (Å²) in [6.45, 7) is 2.34. The molecule has 1 aromatic carbocycles. The predicted octanol–water partition coefficient (Wildman–Crippen LogP) is 3.22. The van der Waals surface area contributed by atoms with Gasteiger partial charge in [-0.2, -0.15) is 0 Å². The van der Waals surface area contributed by atoms with E-state index in [0.29, 0.717) is 6.54 Å². The molecule has 19 heavy (non-hydrogen) atoms. The maximum absolute atomic E-state index is 11.4. The number of nitrogens with zero attached hydrogens (tertiary/aromatic N) is 1. The number of halogens is 1. The molecule has 0 aliphatic heterocycles. The Morgan fingerprint density at radius 2 is 2.32 bits per heavy atom. The van der Waals surface area contributed by atoms with Gasteiger partial charge in [0.15, 0.2) is 0 Å². The Morgan fingerprint density at radius 3 is 3.05 bits per heavy atom. The number of ether oxygens (including phenoxy) is 1. The third-order valence-electron chi connectivity index (χ3n) is 2.88. The van der Waals surface area contributed by atoms with Gasteiger partial charge in [-0.25, -0.2) is 0 Å². The highest BCUT2D eigenvalue weighted by Crippen LogP contribution is 2.24. The van der Waals surface area contributed by atoms with Crippen molar-refractivity contribution in [2.45, 2.75) is 6.92 Å². The van der Waals surface area contributed by atoms with Crippen molar-refractivity contribution in [2.75, 3.05) is 19.0 Å². The first-order chi connectivity index (χ1) is 9.11. The van der Waals surface area contributed by atoms with Crippen molar-refractivity contribution in [3.63, 3.8) is 0 Å². The molecule has 0 aliphatic rings. The number of fused-ring (bicyclic) bond motifs is 1. The Morgan fingerprint density at radius 1 is 1.53 bits per heavy atom. The number of hydrogen-bond donors (Lipinski definition) is 1. The minimum Gasteiger partial charge on any atom is -0.469 e. The minimum atomic E-state index is -0.219. The summed E-state index contributed by atoms with van der Waals surface area (Å²) in [6, 6.07) is 7.92. The number of pyridine rings is 1. The molecule has 1 unspecified atom stereocenters. The summed E-state index contributed by atoms with van der Waals surface area (Å²) in [5, 5.41) is 4.29. The van der Waals surface area contributed by atoms with Crippen molar-refractivity contribution < 1.29 is 9.53 Å². The van der Waals surface area contributed by atoms with Crippen LogP contribution in [0, 0.1) is 5.92 Å². The number of hydrogen-bond acceptors (Lipinski definition) is 4. The number of benzene rings is 1. The molecule has 5 heteroatoms. The van der Waals surface area contributed by atoms with E-state index in [1.807, 2.05) is 31.2 Å². The summed E-state index contributed by atoms with van der Waals surface area (Å²) in [6.07, 6.45) is 1.76. The molecule has 4 nitrogen and oxygen atoms in total. The van der Waals surface area contributed by atoms with E-state index in [9.17, 15) is 4.79 Å². The molecule has 0 bridgehead atoms. The van der Waals surface area contributed by atoms with Crippen LogP contribution in [0.1, 0.15) is 6.92 Å². The highest BCUT2D eigenvalue weighted by atomic mass is 79.9. The second-order valence-corrected chi connectivity index (χ2v) is 5.25. The number of esters is 1. The average Bonchev–Trinajstić information content (AvgIpc) is 2.43. The summed E-state index contributed by atoms with van der Waals surface area (Å²) in [5.41, 5.74) is 1.81. The van der Waals surface area contributed by atoms with Crippen molar-refractivity contribution in [2.24, 2.45) is 5.92 Å². The van der Waals surface area contributed by atoms with Crippen molar-refractivity contribution in [1.29, 1.82) is 0 Å². The number of para-hydroxylation sites is 1. The minimum absolute atomic E-state index is 0.198. The lowest BCUT2D eigenvalue weighted by Gasteiger charge is -2.13. The number of carbonyl (C=O) groups is 1. The smallest absolute Gasteiger partial charge is 0.310 e. The van der Waals surface area contributed by atoms with Gasteiger partial charge in [0.25, 0.3) is 0 Å². The number of rotatable bonds is 4. The fourth-order valence-corrected chi connectivity index (χ4v) is 2.17. The van der Waals surface area contributed by atoms with Crippen molar-refractivity contribution >= 4 is 38.5 Å². The van der Waals surface area contributed by atoms with Crippen LogP contribution in [0.3, 0.4) is 0 Å². The van der Waals surface area contributed by atoms with Crippen LogP contribution < -0.4 is 5.32 Å². The first-order valence-electron chi connectivity index (χ1n) is 5.98. The van der Waals surface area contributed by atoms with Crippen LogP contribution in [-0.2, 0) is 9.53 Å². The molecule has 1 atom stereocenters. The van der Waals surface area contributed by atoms with Gasteiger partial charge in [0.1, 0.15) is 0 Å². The molecule has 100 valence electrons. The van der Waals surface area contributed by atoms with Gasteiger partial charge in [-0.05, 0) is 28.1 Å². The first-order valence-corrected chi connectivity index (χ1v) is 6.77. The fraction of sp³-hybridized carbons (Fsp3) is 0.286. The Balaban J connectivity index is 2.19. The molecular weight excluding hydrogens is 308 g/mol.